The molecule has 3 aromatic carbocycles. The number of fused-ring (bicyclic) bond motifs is 2. The lowest BCUT2D eigenvalue weighted by Gasteiger charge is -2.22. The molecule has 0 radical (unpaired) electrons. The van der Waals surface area contributed by atoms with Crippen LogP contribution in [0, 0.1) is 6.92 Å². The normalized spacial score (nSPS) is 13.9. The van der Waals surface area contributed by atoms with Crippen LogP contribution >= 0.6 is 12.2 Å². The first-order chi connectivity index (χ1) is 17.6. The zero-order valence-corrected chi connectivity index (χ0v) is 21.1. The molecule has 36 heavy (non-hydrogen) atoms. The van der Waals surface area contributed by atoms with Gasteiger partial charge in [-0.15, -0.1) is 0 Å². The lowest BCUT2D eigenvalue weighted by molar-refractivity contribution is 0.827. The van der Waals surface area contributed by atoms with Gasteiger partial charge in [0.1, 0.15) is 11.6 Å². The molecule has 0 saturated carbocycles. The third-order valence-electron chi connectivity index (χ3n) is 6.83. The second-order valence-corrected chi connectivity index (χ2v) is 9.86. The first-order valence-electron chi connectivity index (χ1n) is 12.2. The zero-order chi connectivity index (χ0) is 24.5. The Labute approximate surface area is 217 Å². The summed E-state index contributed by atoms with van der Waals surface area (Å²) < 4.78 is 0. The molecule has 0 unspecified atom stereocenters. The van der Waals surface area contributed by atoms with Crippen LogP contribution in [-0.2, 0) is 32.7 Å². The van der Waals surface area contributed by atoms with E-state index < -0.39 is 0 Å². The molecule has 0 bridgehead atoms. The Morgan fingerprint density at radius 2 is 1.22 bits per heavy atom. The molecule has 2 aliphatic heterocycles. The maximum Gasteiger partial charge on any atom is 0.232 e. The molecule has 2 N–H and O–H groups in total. The fraction of sp³-hybridized carbons (Fsp3) is 0.207. The summed E-state index contributed by atoms with van der Waals surface area (Å²) in [6.45, 7) is 6.07. The highest BCUT2D eigenvalue weighted by molar-refractivity contribution is 7.80. The SMILES string of the molecule is Cc1ccc(CNC(=S)Nc2nc(N3Cc4ccccc4C3)cc(N3Cc4ccccc4C3)n2)cc1. The second-order valence-electron chi connectivity index (χ2n) is 9.45. The Morgan fingerprint density at radius 1 is 0.750 bits per heavy atom. The monoisotopic (exact) mass is 492 g/mol. The Hall–Kier alpha value is -3.97. The maximum atomic E-state index is 5.60. The van der Waals surface area contributed by atoms with Gasteiger partial charge in [-0.1, -0.05) is 78.4 Å². The lowest BCUT2D eigenvalue weighted by Crippen LogP contribution is -2.29. The van der Waals surface area contributed by atoms with Crippen molar-refractivity contribution in [3.05, 3.63) is 112 Å². The molecule has 0 atom stereocenters. The molecule has 6 rings (SSSR count). The van der Waals surface area contributed by atoms with E-state index in [-0.39, 0.29) is 0 Å². The van der Waals surface area contributed by atoms with Gasteiger partial charge in [-0.2, -0.15) is 9.97 Å². The zero-order valence-electron chi connectivity index (χ0n) is 20.2. The first kappa shape index (κ1) is 22.5. The van der Waals surface area contributed by atoms with E-state index in [0.717, 1.165) is 37.8 Å². The number of benzene rings is 3. The van der Waals surface area contributed by atoms with Crippen molar-refractivity contribution in [2.75, 3.05) is 15.1 Å². The average molecular weight is 493 g/mol. The summed E-state index contributed by atoms with van der Waals surface area (Å²) >= 11 is 5.60. The van der Waals surface area contributed by atoms with E-state index in [0.29, 0.717) is 17.6 Å². The van der Waals surface area contributed by atoms with Gasteiger partial charge in [-0.25, -0.2) is 0 Å². The van der Waals surface area contributed by atoms with Crippen LogP contribution < -0.4 is 20.4 Å². The smallest absolute Gasteiger partial charge is 0.232 e. The number of nitrogens with one attached hydrogen (secondary N) is 2. The minimum atomic E-state index is 0.507. The molecule has 6 nitrogen and oxygen atoms in total. The van der Waals surface area contributed by atoms with Crippen molar-refractivity contribution in [2.24, 2.45) is 0 Å². The molecular formula is C29H28N6S. The summed E-state index contributed by atoms with van der Waals surface area (Å²) in [4.78, 5) is 14.3. The van der Waals surface area contributed by atoms with E-state index in [1.54, 1.807) is 0 Å². The van der Waals surface area contributed by atoms with Crippen molar-refractivity contribution in [3.8, 4) is 0 Å². The largest absolute Gasteiger partial charge is 0.358 e. The maximum absolute atomic E-state index is 5.60. The molecule has 0 aliphatic carbocycles. The van der Waals surface area contributed by atoms with Crippen molar-refractivity contribution in [3.63, 3.8) is 0 Å². The molecule has 2 aliphatic rings. The first-order valence-corrected chi connectivity index (χ1v) is 12.6. The van der Waals surface area contributed by atoms with Gasteiger partial charge in [0.05, 0.1) is 0 Å². The third-order valence-corrected chi connectivity index (χ3v) is 7.07. The second kappa shape index (κ2) is 9.59. The molecule has 0 saturated heterocycles. The van der Waals surface area contributed by atoms with Crippen LogP contribution in [0.3, 0.4) is 0 Å². The molecule has 0 fully saturated rings. The number of hydrogen-bond donors (Lipinski definition) is 2. The van der Waals surface area contributed by atoms with Gasteiger partial charge in [0.2, 0.25) is 5.95 Å². The van der Waals surface area contributed by atoms with Crippen LogP contribution in [-0.4, -0.2) is 15.1 Å². The highest BCUT2D eigenvalue weighted by Gasteiger charge is 2.25. The predicted octanol–water partition coefficient (Wildman–Crippen LogP) is 5.31. The van der Waals surface area contributed by atoms with E-state index in [4.69, 9.17) is 22.2 Å². The van der Waals surface area contributed by atoms with E-state index in [9.17, 15) is 0 Å². The highest BCUT2D eigenvalue weighted by atomic mass is 32.1. The molecule has 7 heteroatoms. The van der Waals surface area contributed by atoms with E-state index in [2.05, 4.69) is 106 Å². The van der Waals surface area contributed by atoms with Crippen molar-refractivity contribution >= 4 is 34.9 Å². The van der Waals surface area contributed by atoms with Gasteiger partial charge in [0.15, 0.2) is 5.11 Å². The number of anilines is 3. The van der Waals surface area contributed by atoms with Crippen molar-refractivity contribution in [2.45, 2.75) is 39.6 Å². The topological polar surface area (TPSA) is 56.3 Å². The molecule has 3 heterocycles. The van der Waals surface area contributed by atoms with Crippen molar-refractivity contribution in [1.82, 2.24) is 15.3 Å². The van der Waals surface area contributed by atoms with Gasteiger partial charge in [-0.3, -0.25) is 0 Å². The van der Waals surface area contributed by atoms with Gasteiger partial charge < -0.3 is 20.4 Å². The Kier molecular flexibility index (Phi) is 5.99. The summed E-state index contributed by atoms with van der Waals surface area (Å²) in [5.41, 5.74) is 7.79. The number of rotatable bonds is 5. The average Bonchev–Trinajstić information content (AvgIpc) is 3.53. The standard InChI is InChI=1S/C29H28N6S/c1-20-10-12-21(13-11-20)15-30-29(36)33-28-31-26(34-16-22-6-2-3-7-23(22)17-34)14-27(32-28)35-18-24-8-4-5-9-25(24)19-35/h2-14H,15-19H2,1H3,(H2,30,31,32,33,36). The van der Waals surface area contributed by atoms with E-state index >= 15 is 0 Å². The highest BCUT2D eigenvalue weighted by Crippen LogP contribution is 2.32. The molecule has 0 spiro atoms. The van der Waals surface area contributed by atoms with Crippen molar-refractivity contribution in [1.29, 1.82) is 0 Å². The van der Waals surface area contributed by atoms with Crippen LogP contribution in [0.2, 0.25) is 0 Å². The molecule has 1 aromatic heterocycles. The van der Waals surface area contributed by atoms with Crippen LogP contribution in [0.15, 0.2) is 78.9 Å². The summed E-state index contributed by atoms with van der Waals surface area (Å²) in [5.74, 6) is 2.31. The van der Waals surface area contributed by atoms with E-state index in [1.807, 2.05) is 0 Å². The quantitative estimate of drug-likeness (QED) is 0.366. The summed E-state index contributed by atoms with van der Waals surface area (Å²) in [7, 11) is 0. The van der Waals surface area contributed by atoms with Gasteiger partial charge in [0.25, 0.3) is 0 Å². The van der Waals surface area contributed by atoms with Gasteiger partial charge in [-0.05, 0) is 47.0 Å². The fourth-order valence-corrected chi connectivity index (χ4v) is 4.99. The van der Waals surface area contributed by atoms with Crippen LogP contribution in [0.4, 0.5) is 17.6 Å². The van der Waals surface area contributed by atoms with Crippen LogP contribution in [0.1, 0.15) is 33.4 Å². The van der Waals surface area contributed by atoms with Crippen molar-refractivity contribution < 1.29 is 0 Å². The van der Waals surface area contributed by atoms with Gasteiger partial charge >= 0.3 is 0 Å². The molecule has 4 aromatic rings. The lowest BCUT2D eigenvalue weighted by atomic mass is 10.1. The summed E-state index contributed by atoms with van der Waals surface area (Å²) in [5, 5.41) is 7.03. The van der Waals surface area contributed by atoms with E-state index in [1.165, 1.54) is 33.4 Å². The molecule has 0 amide bonds. The number of nitrogens with zero attached hydrogens (tertiary/aromatic N) is 4. The Morgan fingerprint density at radius 3 is 1.69 bits per heavy atom. The number of thiocarbonyl (C=S) groups is 1. The Bertz CT molecular complexity index is 1290. The number of aryl methyl sites for hydroxylation is 1. The Balaban J connectivity index is 1.24. The number of hydrogen-bond acceptors (Lipinski definition) is 5. The molecule has 180 valence electrons. The fourth-order valence-electron chi connectivity index (χ4n) is 4.83. The molecular weight excluding hydrogens is 464 g/mol. The summed E-state index contributed by atoms with van der Waals surface area (Å²) in [6.07, 6.45) is 0. The van der Waals surface area contributed by atoms with Crippen LogP contribution in [0.5, 0.6) is 0 Å². The minimum absolute atomic E-state index is 0.507. The predicted molar refractivity (Wildman–Crippen MR) is 149 cm³/mol. The third kappa shape index (κ3) is 4.75. The van der Waals surface area contributed by atoms with Gasteiger partial charge in [0, 0.05) is 38.8 Å². The summed E-state index contributed by atoms with van der Waals surface area (Å²) in [6, 6.07) is 27.7. The number of aromatic nitrogens is 2. The minimum Gasteiger partial charge on any atom is -0.358 e. The van der Waals surface area contributed by atoms with Crippen LogP contribution in [0.25, 0.3) is 0 Å².